The summed E-state index contributed by atoms with van der Waals surface area (Å²) in [5.74, 6) is -0.444. The molecule has 0 rings (SSSR count). The van der Waals surface area contributed by atoms with Crippen LogP contribution in [-0.2, 0) is 14.8 Å². The highest BCUT2D eigenvalue weighted by Gasteiger charge is 2.37. The van der Waals surface area contributed by atoms with Crippen LogP contribution in [0.15, 0.2) is 12.7 Å². The summed E-state index contributed by atoms with van der Waals surface area (Å²) in [6.45, 7) is 5.91. The monoisotopic (exact) mass is 191 g/mol. The van der Waals surface area contributed by atoms with E-state index in [9.17, 15) is 13.2 Å². The third kappa shape index (κ3) is 2.15. The van der Waals surface area contributed by atoms with Crippen LogP contribution >= 0.6 is 0 Å². The number of nitrogens with two attached hydrogens (primary N) is 1. The maximum absolute atomic E-state index is 11.2. The number of primary sulfonamides is 1. The fourth-order valence-corrected chi connectivity index (χ4v) is 0.936. The Balaban J connectivity index is 4.86. The molecule has 70 valence electrons. The Kier molecular flexibility index (Phi) is 3.17. The lowest BCUT2D eigenvalue weighted by molar-refractivity contribution is -0.119. The standard InChI is InChI=1S/C7H13NO3S/c1-4-5-6(9)7(2,3)12(8,10)11/h4H,1,5H2,2-3H3,(H2,8,10,11). The number of hydrogen-bond donors (Lipinski definition) is 1. The van der Waals surface area contributed by atoms with Crippen molar-refractivity contribution in [1.29, 1.82) is 0 Å². The van der Waals surface area contributed by atoms with E-state index in [1.165, 1.54) is 19.9 Å². The molecule has 12 heavy (non-hydrogen) atoms. The van der Waals surface area contributed by atoms with Gasteiger partial charge in [-0.2, -0.15) is 0 Å². The first-order valence-electron chi connectivity index (χ1n) is 3.40. The molecule has 0 aromatic rings. The lowest BCUT2D eigenvalue weighted by atomic mass is 10.1. The molecule has 4 nitrogen and oxygen atoms in total. The molecular weight excluding hydrogens is 178 g/mol. The van der Waals surface area contributed by atoms with Crippen LogP contribution < -0.4 is 5.14 Å². The molecule has 0 aromatic heterocycles. The van der Waals surface area contributed by atoms with E-state index in [2.05, 4.69) is 6.58 Å². The first kappa shape index (κ1) is 11.3. The predicted octanol–water partition coefficient (Wildman–Crippen LogP) is 0.199. The maximum atomic E-state index is 11.2. The number of sulfonamides is 1. The number of carbonyl (C=O) groups is 1. The Morgan fingerprint density at radius 3 is 2.25 bits per heavy atom. The van der Waals surface area contributed by atoms with Crippen molar-refractivity contribution in [2.45, 2.75) is 25.0 Å². The zero-order chi connectivity index (χ0) is 9.99. The second-order valence-electron chi connectivity index (χ2n) is 2.97. The van der Waals surface area contributed by atoms with Crippen molar-refractivity contribution in [3.05, 3.63) is 12.7 Å². The van der Waals surface area contributed by atoms with E-state index in [1.807, 2.05) is 0 Å². The van der Waals surface area contributed by atoms with Crippen molar-refractivity contribution < 1.29 is 13.2 Å². The van der Waals surface area contributed by atoms with Crippen LogP contribution in [0.5, 0.6) is 0 Å². The molecular formula is C7H13NO3S. The molecule has 5 heteroatoms. The number of hydrogen-bond acceptors (Lipinski definition) is 3. The maximum Gasteiger partial charge on any atom is 0.221 e. The summed E-state index contributed by atoms with van der Waals surface area (Å²) in [6, 6.07) is 0. The number of Topliss-reactive ketones (excluding diaryl/α,β-unsaturated/α-hetero) is 1. The second kappa shape index (κ2) is 3.37. The molecule has 2 N–H and O–H groups in total. The Hall–Kier alpha value is -0.680. The summed E-state index contributed by atoms with van der Waals surface area (Å²) in [5.41, 5.74) is 0. The molecule has 0 aliphatic carbocycles. The largest absolute Gasteiger partial charge is 0.298 e. The molecule has 0 aliphatic rings. The first-order chi connectivity index (χ1) is 5.23. The van der Waals surface area contributed by atoms with Gasteiger partial charge < -0.3 is 0 Å². The quantitative estimate of drug-likeness (QED) is 0.645. The van der Waals surface area contributed by atoms with Gasteiger partial charge in [-0.3, -0.25) is 4.79 Å². The zero-order valence-electron chi connectivity index (χ0n) is 7.20. The van der Waals surface area contributed by atoms with Crippen LogP contribution in [0.25, 0.3) is 0 Å². The van der Waals surface area contributed by atoms with Gasteiger partial charge in [0.05, 0.1) is 0 Å². The van der Waals surface area contributed by atoms with Gasteiger partial charge in [0, 0.05) is 6.42 Å². The minimum absolute atomic E-state index is 0.0173. The van der Waals surface area contributed by atoms with Gasteiger partial charge in [-0.15, -0.1) is 6.58 Å². The fraction of sp³-hybridized carbons (Fsp3) is 0.571. The highest BCUT2D eigenvalue weighted by molar-refractivity contribution is 7.91. The topological polar surface area (TPSA) is 77.2 Å². The van der Waals surface area contributed by atoms with Crippen molar-refractivity contribution in [1.82, 2.24) is 0 Å². The van der Waals surface area contributed by atoms with Gasteiger partial charge in [-0.25, -0.2) is 13.6 Å². The van der Waals surface area contributed by atoms with Gasteiger partial charge in [-0.05, 0) is 13.8 Å². The molecule has 0 heterocycles. The first-order valence-corrected chi connectivity index (χ1v) is 4.94. The molecule has 0 aromatic carbocycles. The molecule has 0 unspecified atom stereocenters. The van der Waals surface area contributed by atoms with E-state index >= 15 is 0 Å². The summed E-state index contributed by atoms with van der Waals surface area (Å²) in [4.78, 5) is 11.2. The van der Waals surface area contributed by atoms with Gasteiger partial charge in [0.15, 0.2) is 5.78 Å². The molecule has 0 spiro atoms. The van der Waals surface area contributed by atoms with Crippen LogP contribution in [0.3, 0.4) is 0 Å². The lowest BCUT2D eigenvalue weighted by Gasteiger charge is -2.18. The smallest absolute Gasteiger partial charge is 0.221 e. The average Bonchev–Trinajstić information content (AvgIpc) is 1.85. The van der Waals surface area contributed by atoms with E-state index < -0.39 is 20.6 Å². The molecule has 0 radical (unpaired) electrons. The summed E-state index contributed by atoms with van der Waals surface area (Å²) in [7, 11) is -3.82. The van der Waals surface area contributed by atoms with Crippen LogP contribution in [0, 0.1) is 0 Å². The van der Waals surface area contributed by atoms with Gasteiger partial charge in [0.2, 0.25) is 10.0 Å². The Morgan fingerprint density at radius 2 is 2.00 bits per heavy atom. The van der Waals surface area contributed by atoms with Crippen molar-refractivity contribution in [2.75, 3.05) is 0 Å². The normalized spacial score (nSPS) is 12.6. The second-order valence-corrected chi connectivity index (χ2v) is 5.08. The van der Waals surface area contributed by atoms with Gasteiger partial charge in [0.25, 0.3) is 0 Å². The summed E-state index contributed by atoms with van der Waals surface area (Å²) in [6.07, 6.45) is 1.37. The van der Waals surface area contributed by atoms with Gasteiger partial charge in [-0.1, -0.05) is 6.08 Å². The van der Waals surface area contributed by atoms with Crippen molar-refractivity contribution in [3.8, 4) is 0 Å². The summed E-state index contributed by atoms with van der Waals surface area (Å²) >= 11 is 0. The Labute approximate surface area is 72.5 Å². The minimum atomic E-state index is -3.82. The van der Waals surface area contributed by atoms with E-state index in [-0.39, 0.29) is 6.42 Å². The van der Waals surface area contributed by atoms with Gasteiger partial charge >= 0.3 is 0 Å². The lowest BCUT2D eigenvalue weighted by Crippen LogP contribution is -2.44. The third-order valence-corrected chi connectivity index (χ3v) is 3.36. The summed E-state index contributed by atoms with van der Waals surface area (Å²) in [5, 5.41) is 4.86. The third-order valence-electron chi connectivity index (χ3n) is 1.71. The van der Waals surface area contributed by atoms with Crippen LogP contribution in [0.1, 0.15) is 20.3 Å². The highest BCUT2D eigenvalue weighted by atomic mass is 32.2. The summed E-state index contributed by atoms with van der Waals surface area (Å²) < 4.78 is 20.3. The van der Waals surface area contributed by atoms with Crippen molar-refractivity contribution >= 4 is 15.8 Å². The molecule has 0 bridgehead atoms. The minimum Gasteiger partial charge on any atom is -0.298 e. The predicted molar refractivity (Wildman–Crippen MR) is 47.0 cm³/mol. The van der Waals surface area contributed by atoms with Crippen LogP contribution in [0.2, 0.25) is 0 Å². The number of ketones is 1. The number of carbonyl (C=O) groups excluding carboxylic acids is 1. The van der Waals surface area contributed by atoms with E-state index in [0.29, 0.717) is 0 Å². The molecule has 0 fully saturated rings. The van der Waals surface area contributed by atoms with Gasteiger partial charge in [0.1, 0.15) is 4.75 Å². The van der Waals surface area contributed by atoms with E-state index in [0.717, 1.165) is 0 Å². The molecule has 0 atom stereocenters. The average molecular weight is 191 g/mol. The Bertz CT molecular complexity index is 290. The van der Waals surface area contributed by atoms with Crippen molar-refractivity contribution in [2.24, 2.45) is 5.14 Å². The zero-order valence-corrected chi connectivity index (χ0v) is 8.02. The van der Waals surface area contributed by atoms with Crippen LogP contribution in [0.4, 0.5) is 0 Å². The fourth-order valence-electron chi connectivity index (χ4n) is 0.536. The van der Waals surface area contributed by atoms with Crippen molar-refractivity contribution in [3.63, 3.8) is 0 Å². The number of allylic oxidation sites excluding steroid dienone is 1. The Morgan fingerprint density at radius 1 is 1.58 bits per heavy atom. The van der Waals surface area contributed by atoms with E-state index in [4.69, 9.17) is 5.14 Å². The van der Waals surface area contributed by atoms with E-state index in [1.54, 1.807) is 0 Å². The molecule has 0 saturated carbocycles. The highest BCUT2D eigenvalue weighted by Crippen LogP contribution is 2.16. The van der Waals surface area contributed by atoms with Crippen LogP contribution in [-0.4, -0.2) is 18.9 Å². The molecule has 0 amide bonds. The molecule has 0 aliphatic heterocycles. The SMILES string of the molecule is C=CCC(=O)C(C)(C)S(N)(=O)=O. The molecule has 0 saturated heterocycles. The number of rotatable bonds is 4.